The summed E-state index contributed by atoms with van der Waals surface area (Å²) in [5.41, 5.74) is 1.12. The van der Waals surface area contributed by atoms with E-state index in [0.29, 0.717) is 19.4 Å². The molecular formula is C17H23NO3. The van der Waals surface area contributed by atoms with Crippen LogP contribution >= 0.6 is 0 Å². The highest BCUT2D eigenvalue weighted by atomic mass is 16.4. The molecule has 1 aliphatic rings. The van der Waals surface area contributed by atoms with Crippen LogP contribution in [0.1, 0.15) is 32.3 Å². The molecule has 2 atom stereocenters. The summed E-state index contributed by atoms with van der Waals surface area (Å²) in [5, 5.41) is 9.25. The average molecular weight is 289 g/mol. The van der Waals surface area contributed by atoms with Crippen molar-refractivity contribution in [3.8, 4) is 0 Å². The fourth-order valence-corrected chi connectivity index (χ4v) is 2.98. The van der Waals surface area contributed by atoms with Crippen LogP contribution in [0, 0.1) is 11.8 Å². The summed E-state index contributed by atoms with van der Waals surface area (Å²) in [6.45, 7) is 4.61. The lowest BCUT2D eigenvalue weighted by molar-refractivity contribution is -0.150. The highest BCUT2D eigenvalue weighted by molar-refractivity contribution is 5.86. The van der Waals surface area contributed by atoms with Gasteiger partial charge in [-0.15, -0.1) is 0 Å². The smallest absolute Gasteiger partial charge is 0.326 e. The van der Waals surface area contributed by atoms with E-state index in [1.165, 1.54) is 0 Å². The summed E-state index contributed by atoms with van der Waals surface area (Å²) < 4.78 is 0. The van der Waals surface area contributed by atoms with Gasteiger partial charge >= 0.3 is 5.97 Å². The van der Waals surface area contributed by atoms with Crippen molar-refractivity contribution in [1.29, 1.82) is 0 Å². The van der Waals surface area contributed by atoms with E-state index in [4.69, 9.17) is 0 Å². The Morgan fingerprint density at radius 2 is 1.95 bits per heavy atom. The Hall–Kier alpha value is -1.84. The predicted octanol–water partition coefficient (Wildman–Crippen LogP) is 2.58. The highest BCUT2D eigenvalue weighted by Crippen LogP contribution is 2.25. The van der Waals surface area contributed by atoms with Gasteiger partial charge in [0, 0.05) is 12.5 Å². The fraction of sp³-hybridized carbons (Fsp3) is 0.529. The number of likely N-dealkylation sites (tertiary alicyclic amines) is 1. The Kier molecular flexibility index (Phi) is 4.99. The molecule has 0 aromatic heterocycles. The number of carboxylic acids is 1. The van der Waals surface area contributed by atoms with E-state index in [-0.39, 0.29) is 17.7 Å². The van der Waals surface area contributed by atoms with Crippen LogP contribution < -0.4 is 0 Å². The van der Waals surface area contributed by atoms with Crippen molar-refractivity contribution in [2.24, 2.45) is 11.8 Å². The minimum absolute atomic E-state index is 0.0150. The highest BCUT2D eigenvalue weighted by Gasteiger charge is 2.37. The molecule has 1 fully saturated rings. The van der Waals surface area contributed by atoms with Gasteiger partial charge in [-0.2, -0.15) is 0 Å². The van der Waals surface area contributed by atoms with Gasteiger partial charge in [0.1, 0.15) is 6.04 Å². The van der Waals surface area contributed by atoms with Crippen molar-refractivity contribution in [2.45, 2.75) is 39.2 Å². The molecule has 1 N–H and O–H groups in total. The molecule has 4 heteroatoms. The average Bonchev–Trinajstić information content (AvgIpc) is 2.94. The molecule has 1 heterocycles. The first-order chi connectivity index (χ1) is 10.0. The SMILES string of the molecule is CC(C)C(Cc1ccccc1)C(=O)N1CCC[C@H]1C(=O)O. The third kappa shape index (κ3) is 3.63. The normalized spacial score (nSPS) is 19.8. The fourth-order valence-electron chi connectivity index (χ4n) is 2.98. The van der Waals surface area contributed by atoms with Gasteiger partial charge in [0.05, 0.1) is 0 Å². The van der Waals surface area contributed by atoms with Crippen LogP contribution in [0.5, 0.6) is 0 Å². The zero-order valence-corrected chi connectivity index (χ0v) is 12.7. The standard InChI is InChI=1S/C17H23NO3/c1-12(2)14(11-13-7-4-3-5-8-13)16(19)18-10-6-9-15(18)17(20)21/h3-5,7-8,12,14-15H,6,9-11H2,1-2H3,(H,20,21)/t14?,15-/m0/s1. The quantitative estimate of drug-likeness (QED) is 0.906. The lowest BCUT2D eigenvalue weighted by Crippen LogP contribution is -2.45. The van der Waals surface area contributed by atoms with Crippen molar-refractivity contribution in [2.75, 3.05) is 6.54 Å². The molecule has 4 nitrogen and oxygen atoms in total. The summed E-state index contributed by atoms with van der Waals surface area (Å²) in [7, 11) is 0. The van der Waals surface area contributed by atoms with Gasteiger partial charge in [0.15, 0.2) is 0 Å². The molecule has 1 aromatic carbocycles. The lowest BCUT2D eigenvalue weighted by atomic mass is 9.87. The molecule has 0 saturated carbocycles. The minimum Gasteiger partial charge on any atom is -0.480 e. The number of hydrogen-bond acceptors (Lipinski definition) is 2. The molecule has 1 amide bonds. The van der Waals surface area contributed by atoms with Crippen LogP contribution in [0.15, 0.2) is 30.3 Å². The Morgan fingerprint density at radius 3 is 2.52 bits per heavy atom. The number of aliphatic carboxylic acids is 1. The predicted molar refractivity (Wildman–Crippen MR) is 80.8 cm³/mol. The van der Waals surface area contributed by atoms with E-state index in [1.54, 1.807) is 4.90 Å². The second kappa shape index (κ2) is 6.74. The molecule has 1 aliphatic heterocycles. The van der Waals surface area contributed by atoms with E-state index in [1.807, 2.05) is 44.2 Å². The molecular weight excluding hydrogens is 266 g/mol. The maximum atomic E-state index is 12.8. The van der Waals surface area contributed by atoms with Crippen molar-refractivity contribution < 1.29 is 14.7 Å². The number of hydrogen-bond donors (Lipinski definition) is 1. The zero-order chi connectivity index (χ0) is 15.4. The summed E-state index contributed by atoms with van der Waals surface area (Å²) in [5.74, 6) is -0.873. The Balaban J connectivity index is 2.14. The summed E-state index contributed by atoms with van der Waals surface area (Å²) >= 11 is 0. The first-order valence-electron chi connectivity index (χ1n) is 7.58. The van der Waals surface area contributed by atoms with E-state index < -0.39 is 12.0 Å². The van der Waals surface area contributed by atoms with Gasteiger partial charge in [-0.3, -0.25) is 4.79 Å². The molecule has 2 rings (SSSR count). The van der Waals surface area contributed by atoms with Crippen LogP contribution in [0.2, 0.25) is 0 Å². The Labute approximate surface area is 125 Å². The molecule has 1 aromatic rings. The maximum Gasteiger partial charge on any atom is 0.326 e. The number of carboxylic acid groups (broad SMARTS) is 1. The maximum absolute atomic E-state index is 12.8. The van der Waals surface area contributed by atoms with Gasteiger partial charge in [0.2, 0.25) is 5.91 Å². The van der Waals surface area contributed by atoms with Crippen LogP contribution in [0.3, 0.4) is 0 Å². The zero-order valence-electron chi connectivity index (χ0n) is 12.7. The summed E-state index contributed by atoms with van der Waals surface area (Å²) in [4.78, 5) is 25.6. The third-order valence-corrected chi connectivity index (χ3v) is 4.24. The Morgan fingerprint density at radius 1 is 1.29 bits per heavy atom. The molecule has 0 radical (unpaired) electrons. The number of carbonyl (C=O) groups is 2. The lowest BCUT2D eigenvalue weighted by Gasteiger charge is -2.29. The number of amides is 1. The number of nitrogens with zero attached hydrogens (tertiary/aromatic N) is 1. The van der Waals surface area contributed by atoms with Crippen molar-refractivity contribution in [1.82, 2.24) is 4.90 Å². The van der Waals surface area contributed by atoms with Gasteiger partial charge in [-0.05, 0) is 30.7 Å². The third-order valence-electron chi connectivity index (χ3n) is 4.24. The molecule has 1 saturated heterocycles. The molecule has 0 bridgehead atoms. The van der Waals surface area contributed by atoms with Gasteiger partial charge in [0.25, 0.3) is 0 Å². The van der Waals surface area contributed by atoms with E-state index >= 15 is 0 Å². The molecule has 1 unspecified atom stereocenters. The Bertz CT molecular complexity index is 498. The first kappa shape index (κ1) is 15.5. The minimum atomic E-state index is -0.886. The van der Waals surface area contributed by atoms with E-state index in [9.17, 15) is 14.7 Å². The summed E-state index contributed by atoms with van der Waals surface area (Å²) in [6.07, 6.45) is 2.01. The largest absolute Gasteiger partial charge is 0.480 e. The van der Waals surface area contributed by atoms with E-state index in [2.05, 4.69) is 0 Å². The van der Waals surface area contributed by atoms with Gasteiger partial charge < -0.3 is 10.0 Å². The second-order valence-electron chi connectivity index (χ2n) is 6.07. The number of carbonyl (C=O) groups excluding carboxylic acids is 1. The number of rotatable bonds is 5. The van der Waals surface area contributed by atoms with E-state index in [0.717, 1.165) is 12.0 Å². The first-order valence-corrected chi connectivity index (χ1v) is 7.58. The second-order valence-corrected chi connectivity index (χ2v) is 6.07. The van der Waals surface area contributed by atoms with Crippen LogP contribution in [-0.4, -0.2) is 34.5 Å². The molecule has 0 spiro atoms. The molecule has 114 valence electrons. The van der Waals surface area contributed by atoms with Crippen molar-refractivity contribution in [3.63, 3.8) is 0 Å². The van der Waals surface area contributed by atoms with Crippen LogP contribution in [0.25, 0.3) is 0 Å². The van der Waals surface area contributed by atoms with Crippen LogP contribution in [0.4, 0.5) is 0 Å². The van der Waals surface area contributed by atoms with Gasteiger partial charge in [-0.1, -0.05) is 44.2 Å². The monoisotopic (exact) mass is 289 g/mol. The van der Waals surface area contributed by atoms with Crippen molar-refractivity contribution >= 4 is 11.9 Å². The topological polar surface area (TPSA) is 57.6 Å². The van der Waals surface area contributed by atoms with Gasteiger partial charge in [-0.25, -0.2) is 4.79 Å². The molecule has 21 heavy (non-hydrogen) atoms. The number of benzene rings is 1. The summed E-state index contributed by atoms with van der Waals surface area (Å²) in [6, 6.07) is 9.27. The van der Waals surface area contributed by atoms with Crippen molar-refractivity contribution in [3.05, 3.63) is 35.9 Å². The van der Waals surface area contributed by atoms with Crippen LogP contribution in [-0.2, 0) is 16.0 Å². The molecule has 0 aliphatic carbocycles.